The molecule has 1 aromatic heterocycles. The van der Waals surface area contributed by atoms with E-state index in [4.69, 9.17) is 4.98 Å². The fourth-order valence-corrected chi connectivity index (χ4v) is 4.61. The van der Waals surface area contributed by atoms with E-state index in [2.05, 4.69) is 39.6 Å². The Hall–Kier alpha value is -4.52. The topological polar surface area (TPSA) is 87.2 Å². The molecule has 2 N–H and O–H groups in total. The number of hydrogen-bond donors (Lipinski definition) is 2. The van der Waals surface area contributed by atoms with E-state index >= 15 is 0 Å². The van der Waals surface area contributed by atoms with Gasteiger partial charge in [-0.2, -0.15) is 4.98 Å². The van der Waals surface area contributed by atoms with E-state index in [0.717, 1.165) is 36.5 Å². The standard InChI is InChI=1S/C31H31N5O2/c1-22-9-11-23(12-10-22)20-33-30(38)26-8-5-19-36(21-26)28-17-18-32-31(35-28)34-27-15-13-25(14-16-27)29(37)24-6-3-2-4-7-24/h2-4,6-7,9-18,26H,5,8,19-21H2,1H3,(H,33,38)(H,32,34,35)/t26-/m0/s1. The van der Waals surface area contributed by atoms with Crippen molar-refractivity contribution in [2.24, 2.45) is 5.92 Å². The summed E-state index contributed by atoms with van der Waals surface area (Å²) in [5.41, 5.74) is 4.38. The van der Waals surface area contributed by atoms with Crippen LogP contribution in [0.5, 0.6) is 0 Å². The number of aryl methyl sites for hydroxylation is 1. The van der Waals surface area contributed by atoms with Crippen LogP contribution in [0.25, 0.3) is 0 Å². The average Bonchev–Trinajstić information content (AvgIpc) is 2.97. The summed E-state index contributed by atoms with van der Waals surface area (Å²) in [5, 5.41) is 6.32. The molecule has 5 rings (SSSR count). The predicted molar refractivity (Wildman–Crippen MR) is 150 cm³/mol. The van der Waals surface area contributed by atoms with Crippen LogP contribution < -0.4 is 15.5 Å². The van der Waals surface area contributed by atoms with Gasteiger partial charge in [0.1, 0.15) is 5.82 Å². The second-order valence-corrected chi connectivity index (χ2v) is 9.62. The van der Waals surface area contributed by atoms with Gasteiger partial charge in [0, 0.05) is 42.6 Å². The largest absolute Gasteiger partial charge is 0.356 e. The minimum atomic E-state index is -0.0877. The third-order valence-corrected chi connectivity index (χ3v) is 6.78. The Bertz CT molecular complexity index is 1390. The lowest BCUT2D eigenvalue weighted by Crippen LogP contribution is -2.43. The van der Waals surface area contributed by atoms with E-state index in [1.54, 1.807) is 18.3 Å². The highest BCUT2D eigenvalue weighted by Gasteiger charge is 2.26. The zero-order valence-corrected chi connectivity index (χ0v) is 21.4. The van der Waals surface area contributed by atoms with Gasteiger partial charge >= 0.3 is 0 Å². The molecule has 1 aliphatic rings. The molecule has 7 nitrogen and oxygen atoms in total. The fourth-order valence-electron chi connectivity index (χ4n) is 4.61. The second kappa shape index (κ2) is 11.7. The van der Waals surface area contributed by atoms with Crippen molar-refractivity contribution >= 4 is 29.1 Å². The Morgan fingerprint density at radius 2 is 1.66 bits per heavy atom. The van der Waals surface area contributed by atoms with Gasteiger partial charge in [0.2, 0.25) is 11.9 Å². The van der Waals surface area contributed by atoms with Crippen LogP contribution in [0.15, 0.2) is 91.1 Å². The van der Waals surface area contributed by atoms with E-state index in [1.807, 2.05) is 60.7 Å². The summed E-state index contributed by atoms with van der Waals surface area (Å²) >= 11 is 0. The molecule has 1 fully saturated rings. The first kappa shape index (κ1) is 25.1. The number of nitrogens with zero attached hydrogens (tertiary/aromatic N) is 3. The summed E-state index contributed by atoms with van der Waals surface area (Å²) in [6, 6.07) is 26.6. The molecule has 192 valence electrons. The van der Waals surface area contributed by atoms with Crippen molar-refractivity contribution < 1.29 is 9.59 Å². The molecule has 0 aliphatic carbocycles. The fraction of sp³-hybridized carbons (Fsp3) is 0.226. The van der Waals surface area contributed by atoms with Gasteiger partial charge in [-0.25, -0.2) is 4.98 Å². The molecule has 0 unspecified atom stereocenters. The molecule has 7 heteroatoms. The first-order chi connectivity index (χ1) is 18.5. The van der Waals surface area contributed by atoms with E-state index in [-0.39, 0.29) is 17.6 Å². The van der Waals surface area contributed by atoms with Gasteiger partial charge < -0.3 is 15.5 Å². The van der Waals surface area contributed by atoms with E-state index in [9.17, 15) is 9.59 Å². The first-order valence-electron chi connectivity index (χ1n) is 12.9. The lowest BCUT2D eigenvalue weighted by molar-refractivity contribution is -0.125. The number of ketones is 1. The summed E-state index contributed by atoms with van der Waals surface area (Å²) in [6.45, 7) is 4.05. The number of nitrogens with one attached hydrogen (secondary N) is 2. The molecular formula is C31H31N5O2. The monoisotopic (exact) mass is 505 g/mol. The minimum Gasteiger partial charge on any atom is -0.356 e. The number of hydrogen-bond acceptors (Lipinski definition) is 6. The molecule has 1 amide bonds. The number of amides is 1. The molecular weight excluding hydrogens is 474 g/mol. The Labute approximate surface area is 223 Å². The average molecular weight is 506 g/mol. The van der Waals surface area contributed by atoms with Crippen LogP contribution in [0.2, 0.25) is 0 Å². The molecule has 0 radical (unpaired) electrons. The molecule has 4 aromatic rings. The number of carbonyl (C=O) groups excluding carboxylic acids is 2. The molecule has 1 atom stereocenters. The second-order valence-electron chi connectivity index (χ2n) is 9.62. The Morgan fingerprint density at radius 1 is 0.921 bits per heavy atom. The maximum absolute atomic E-state index is 12.9. The van der Waals surface area contributed by atoms with Crippen molar-refractivity contribution in [1.29, 1.82) is 0 Å². The third kappa shape index (κ3) is 6.24. The van der Waals surface area contributed by atoms with Crippen LogP contribution in [-0.4, -0.2) is 34.7 Å². The maximum atomic E-state index is 12.9. The van der Waals surface area contributed by atoms with Gasteiger partial charge in [-0.15, -0.1) is 0 Å². The Morgan fingerprint density at radius 3 is 2.42 bits per heavy atom. The molecule has 0 spiro atoms. The van der Waals surface area contributed by atoms with E-state index in [0.29, 0.717) is 30.2 Å². The molecule has 2 heterocycles. The highest BCUT2D eigenvalue weighted by Crippen LogP contribution is 2.24. The maximum Gasteiger partial charge on any atom is 0.229 e. The minimum absolute atomic E-state index is 0.0158. The van der Waals surface area contributed by atoms with Crippen LogP contribution >= 0.6 is 0 Å². The van der Waals surface area contributed by atoms with E-state index in [1.165, 1.54) is 5.56 Å². The highest BCUT2D eigenvalue weighted by atomic mass is 16.2. The van der Waals surface area contributed by atoms with Crippen LogP contribution in [0.3, 0.4) is 0 Å². The van der Waals surface area contributed by atoms with Crippen LogP contribution in [0.1, 0.15) is 39.9 Å². The number of rotatable bonds is 8. The van der Waals surface area contributed by atoms with Crippen molar-refractivity contribution in [3.05, 3.63) is 113 Å². The lowest BCUT2D eigenvalue weighted by atomic mass is 9.97. The molecule has 1 aliphatic heterocycles. The van der Waals surface area contributed by atoms with Gasteiger partial charge in [0.15, 0.2) is 5.78 Å². The quantitative estimate of drug-likeness (QED) is 0.316. The first-order valence-corrected chi connectivity index (χ1v) is 12.9. The van der Waals surface area contributed by atoms with Crippen LogP contribution in [0.4, 0.5) is 17.5 Å². The number of carbonyl (C=O) groups is 2. The number of benzene rings is 3. The van der Waals surface area contributed by atoms with Gasteiger partial charge in [0.05, 0.1) is 5.92 Å². The molecule has 1 saturated heterocycles. The number of piperidine rings is 1. The van der Waals surface area contributed by atoms with Gasteiger partial charge in [-0.3, -0.25) is 9.59 Å². The van der Waals surface area contributed by atoms with Crippen molar-refractivity contribution in [2.75, 3.05) is 23.3 Å². The Balaban J connectivity index is 1.19. The summed E-state index contributed by atoms with van der Waals surface area (Å²) < 4.78 is 0. The van der Waals surface area contributed by atoms with Crippen LogP contribution in [0, 0.1) is 12.8 Å². The smallest absolute Gasteiger partial charge is 0.229 e. The van der Waals surface area contributed by atoms with Gasteiger partial charge in [-0.05, 0) is 55.7 Å². The third-order valence-electron chi connectivity index (χ3n) is 6.78. The zero-order chi connectivity index (χ0) is 26.3. The van der Waals surface area contributed by atoms with Gasteiger partial charge in [-0.1, -0.05) is 60.2 Å². The van der Waals surface area contributed by atoms with E-state index < -0.39 is 0 Å². The summed E-state index contributed by atoms with van der Waals surface area (Å²) in [7, 11) is 0. The normalized spacial score (nSPS) is 15.1. The molecule has 38 heavy (non-hydrogen) atoms. The van der Waals surface area contributed by atoms with Gasteiger partial charge in [0.25, 0.3) is 0 Å². The Kier molecular flexibility index (Phi) is 7.73. The zero-order valence-electron chi connectivity index (χ0n) is 21.4. The number of anilines is 3. The SMILES string of the molecule is Cc1ccc(CNC(=O)[C@H]2CCCN(c3ccnc(Nc4ccc(C(=O)c5ccccc5)cc4)n3)C2)cc1. The summed E-state index contributed by atoms with van der Waals surface area (Å²) in [5.74, 6) is 1.23. The summed E-state index contributed by atoms with van der Waals surface area (Å²) in [6.07, 6.45) is 3.51. The molecule has 0 saturated carbocycles. The van der Waals surface area contributed by atoms with Crippen molar-refractivity contribution in [3.63, 3.8) is 0 Å². The predicted octanol–water partition coefficient (Wildman–Crippen LogP) is 5.29. The molecule has 0 bridgehead atoms. The molecule has 3 aromatic carbocycles. The number of aromatic nitrogens is 2. The van der Waals surface area contributed by atoms with Crippen molar-refractivity contribution in [3.8, 4) is 0 Å². The van der Waals surface area contributed by atoms with Crippen LogP contribution in [-0.2, 0) is 11.3 Å². The van der Waals surface area contributed by atoms with Crippen molar-refractivity contribution in [2.45, 2.75) is 26.3 Å². The lowest BCUT2D eigenvalue weighted by Gasteiger charge is -2.33. The summed E-state index contributed by atoms with van der Waals surface area (Å²) in [4.78, 5) is 36.7. The van der Waals surface area contributed by atoms with Crippen molar-refractivity contribution in [1.82, 2.24) is 15.3 Å². The highest BCUT2D eigenvalue weighted by molar-refractivity contribution is 6.09.